The number of fused-ring (bicyclic) bond motifs is 1. The molecule has 3 aromatic rings. The Balaban J connectivity index is 1.85. The van der Waals surface area contributed by atoms with E-state index in [1.165, 1.54) is 7.11 Å². The first-order valence-corrected chi connectivity index (χ1v) is 10.2. The fourth-order valence-electron chi connectivity index (χ4n) is 3.42. The molecule has 0 fully saturated rings. The van der Waals surface area contributed by atoms with Crippen LogP contribution in [0.1, 0.15) is 25.2 Å². The van der Waals surface area contributed by atoms with Crippen molar-refractivity contribution >= 4 is 10.9 Å². The highest BCUT2D eigenvalue weighted by molar-refractivity contribution is 5.81. The number of aromatic amines is 1. The molecule has 0 saturated heterocycles. The van der Waals surface area contributed by atoms with Crippen LogP contribution in [-0.2, 0) is 13.1 Å². The van der Waals surface area contributed by atoms with Crippen LogP contribution in [0.25, 0.3) is 10.9 Å². The second kappa shape index (κ2) is 10.2. The van der Waals surface area contributed by atoms with Crippen LogP contribution in [0, 0.1) is 0 Å². The van der Waals surface area contributed by atoms with Crippen molar-refractivity contribution in [1.29, 1.82) is 0 Å². The maximum atomic E-state index is 12.6. The normalized spacial score (nSPS) is 11.0. The average molecular weight is 428 g/mol. The van der Waals surface area contributed by atoms with E-state index in [1.807, 2.05) is 25.1 Å². The summed E-state index contributed by atoms with van der Waals surface area (Å²) in [6.07, 6.45) is 0. The number of rotatable bonds is 10. The molecule has 166 valence electrons. The monoisotopic (exact) mass is 427 g/mol. The van der Waals surface area contributed by atoms with Crippen LogP contribution < -0.4 is 24.5 Å². The summed E-state index contributed by atoms with van der Waals surface area (Å²) in [5.74, 6) is 3.04. The standard InChI is InChI=1S/C23H29N3O5/c1-6-26(13-15-8-9-18(31-7-2)19(10-15)28-3)14-22-24-17-12-21(30-5)20(29-4)11-16(17)23(27)25-22/h8-12H,6-7,13-14H2,1-5H3,(H,24,25,27). The third-order valence-corrected chi connectivity index (χ3v) is 5.01. The van der Waals surface area contributed by atoms with Crippen molar-refractivity contribution in [1.82, 2.24) is 14.9 Å². The Morgan fingerprint density at radius 1 is 0.903 bits per heavy atom. The fraction of sp³-hybridized carbons (Fsp3) is 0.391. The number of benzene rings is 2. The van der Waals surface area contributed by atoms with Gasteiger partial charge in [-0.2, -0.15) is 0 Å². The van der Waals surface area contributed by atoms with E-state index in [2.05, 4.69) is 21.8 Å². The number of hydrogen-bond donors (Lipinski definition) is 1. The molecule has 1 heterocycles. The Bertz CT molecular complexity index is 1100. The first kappa shape index (κ1) is 22.4. The lowest BCUT2D eigenvalue weighted by atomic mass is 10.2. The summed E-state index contributed by atoms with van der Waals surface area (Å²) in [5.41, 5.74) is 1.44. The SMILES string of the molecule is CCOc1ccc(CN(CC)Cc2nc3cc(OC)c(OC)cc3c(=O)[nH]2)cc1OC. The van der Waals surface area contributed by atoms with Gasteiger partial charge < -0.3 is 23.9 Å². The van der Waals surface area contributed by atoms with E-state index in [0.717, 1.165) is 17.9 Å². The molecule has 0 spiro atoms. The predicted molar refractivity (Wildman–Crippen MR) is 119 cm³/mol. The van der Waals surface area contributed by atoms with Crippen LogP contribution in [0.4, 0.5) is 0 Å². The van der Waals surface area contributed by atoms with Gasteiger partial charge in [0.1, 0.15) is 5.82 Å². The smallest absolute Gasteiger partial charge is 0.258 e. The molecule has 2 aromatic carbocycles. The molecule has 0 saturated carbocycles. The van der Waals surface area contributed by atoms with Crippen molar-refractivity contribution in [2.45, 2.75) is 26.9 Å². The molecule has 0 aliphatic rings. The van der Waals surface area contributed by atoms with Crippen molar-refractivity contribution in [3.8, 4) is 23.0 Å². The average Bonchev–Trinajstić information content (AvgIpc) is 2.78. The molecule has 0 aliphatic carbocycles. The molecule has 1 N–H and O–H groups in total. The van der Waals surface area contributed by atoms with Gasteiger partial charge >= 0.3 is 0 Å². The highest BCUT2D eigenvalue weighted by Gasteiger charge is 2.14. The third-order valence-electron chi connectivity index (χ3n) is 5.01. The molecule has 8 heteroatoms. The van der Waals surface area contributed by atoms with E-state index in [4.69, 9.17) is 18.9 Å². The molecule has 3 rings (SSSR count). The van der Waals surface area contributed by atoms with Gasteiger partial charge in [0.2, 0.25) is 0 Å². The summed E-state index contributed by atoms with van der Waals surface area (Å²) in [7, 11) is 4.72. The van der Waals surface area contributed by atoms with Gasteiger partial charge in [-0.1, -0.05) is 13.0 Å². The van der Waals surface area contributed by atoms with Gasteiger partial charge in [0.25, 0.3) is 5.56 Å². The van der Waals surface area contributed by atoms with E-state index >= 15 is 0 Å². The molecular weight excluding hydrogens is 398 g/mol. The number of ether oxygens (including phenoxy) is 4. The molecule has 0 radical (unpaired) electrons. The molecule has 0 unspecified atom stereocenters. The van der Waals surface area contributed by atoms with Crippen LogP contribution in [0.2, 0.25) is 0 Å². The summed E-state index contributed by atoms with van der Waals surface area (Å²) in [5, 5.41) is 0.459. The van der Waals surface area contributed by atoms with Crippen molar-refractivity contribution in [3.63, 3.8) is 0 Å². The van der Waals surface area contributed by atoms with E-state index in [1.54, 1.807) is 26.4 Å². The van der Waals surface area contributed by atoms with Crippen molar-refractivity contribution in [3.05, 3.63) is 52.1 Å². The molecular formula is C23H29N3O5. The largest absolute Gasteiger partial charge is 0.493 e. The van der Waals surface area contributed by atoms with Gasteiger partial charge in [0, 0.05) is 12.6 Å². The Labute approximate surface area is 181 Å². The molecule has 0 amide bonds. The minimum atomic E-state index is -0.209. The second-order valence-electron chi connectivity index (χ2n) is 6.96. The number of hydrogen-bond acceptors (Lipinski definition) is 7. The fourth-order valence-corrected chi connectivity index (χ4v) is 3.42. The number of aromatic nitrogens is 2. The Morgan fingerprint density at radius 3 is 2.23 bits per heavy atom. The molecule has 0 atom stereocenters. The second-order valence-corrected chi connectivity index (χ2v) is 6.96. The van der Waals surface area contributed by atoms with E-state index in [9.17, 15) is 4.79 Å². The number of H-pyrrole nitrogens is 1. The molecule has 8 nitrogen and oxygen atoms in total. The zero-order chi connectivity index (χ0) is 22.4. The van der Waals surface area contributed by atoms with Crippen LogP contribution in [-0.4, -0.2) is 49.3 Å². The van der Waals surface area contributed by atoms with Crippen molar-refractivity contribution in [2.75, 3.05) is 34.5 Å². The summed E-state index contributed by atoms with van der Waals surface area (Å²) in [6, 6.07) is 9.28. The molecule has 0 bridgehead atoms. The van der Waals surface area contributed by atoms with E-state index in [-0.39, 0.29) is 5.56 Å². The summed E-state index contributed by atoms with van der Waals surface area (Å²) in [4.78, 5) is 22.4. The zero-order valence-corrected chi connectivity index (χ0v) is 18.7. The van der Waals surface area contributed by atoms with E-state index < -0.39 is 0 Å². The lowest BCUT2D eigenvalue weighted by molar-refractivity contribution is 0.263. The topological polar surface area (TPSA) is 85.9 Å². The molecule has 31 heavy (non-hydrogen) atoms. The van der Waals surface area contributed by atoms with Crippen LogP contribution >= 0.6 is 0 Å². The summed E-state index contributed by atoms with van der Waals surface area (Å²) in [6.45, 7) is 6.53. The van der Waals surface area contributed by atoms with Crippen LogP contribution in [0.5, 0.6) is 23.0 Å². The number of methoxy groups -OCH3 is 3. The van der Waals surface area contributed by atoms with E-state index in [0.29, 0.717) is 53.7 Å². The van der Waals surface area contributed by atoms with Crippen molar-refractivity contribution in [2.24, 2.45) is 0 Å². The van der Waals surface area contributed by atoms with Gasteiger partial charge in [-0.05, 0) is 37.2 Å². The van der Waals surface area contributed by atoms with Crippen LogP contribution in [0.15, 0.2) is 35.1 Å². The summed E-state index contributed by atoms with van der Waals surface area (Å²) >= 11 is 0. The van der Waals surface area contributed by atoms with Crippen molar-refractivity contribution < 1.29 is 18.9 Å². The van der Waals surface area contributed by atoms with Gasteiger partial charge in [-0.3, -0.25) is 9.69 Å². The highest BCUT2D eigenvalue weighted by Crippen LogP contribution is 2.30. The highest BCUT2D eigenvalue weighted by atomic mass is 16.5. The number of nitrogens with zero attached hydrogens (tertiary/aromatic N) is 2. The Hall–Kier alpha value is -3.26. The first-order valence-electron chi connectivity index (χ1n) is 10.2. The lowest BCUT2D eigenvalue weighted by Gasteiger charge is -2.21. The summed E-state index contributed by atoms with van der Waals surface area (Å²) < 4.78 is 21.7. The maximum Gasteiger partial charge on any atom is 0.258 e. The zero-order valence-electron chi connectivity index (χ0n) is 18.7. The lowest BCUT2D eigenvalue weighted by Crippen LogP contribution is -2.25. The quantitative estimate of drug-likeness (QED) is 0.531. The Morgan fingerprint density at radius 2 is 1.58 bits per heavy atom. The Kier molecular flexibility index (Phi) is 7.36. The molecule has 0 aliphatic heterocycles. The predicted octanol–water partition coefficient (Wildman–Crippen LogP) is 3.37. The number of nitrogens with one attached hydrogen (secondary N) is 1. The molecule has 1 aromatic heterocycles. The van der Waals surface area contributed by atoms with Gasteiger partial charge in [-0.15, -0.1) is 0 Å². The minimum Gasteiger partial charge on any atom is -0.493 e. The third kappa shape index (κ3) is 5.08. The van der Waals surface area contributed by atoms with Crippen LogP contribution in [0.3, 0.4) is 0 Å². The first-order chi connectivity index (χ1) is 15.0. The maximum absolute atomic E-state index is 12.6. The minimum absolute atomic E-state index is 0.209. The van der Waals surface area contributed by atoms with Gasteiger partial charge in [-0.25, -0.2) is 4.98 Å². The van der Waals surface area contributed by atoms with Gasteiger partial charge in [0.15, 0.2) is 23.0 Å². The van der Waals surface area contributed by atoms with Gasteiger partial charge in [0.05, 0.1) is 45.4 Å².